The lowest BCUT2D eigenvalue weighted by Crippen LogP contribution is -2.64. The zero-order chi connectivity index (χ0) is 18.5. The molecule has 0 spiro atoms. The van der Waals surface area contributed by atoms with Gasteiger partial charge in [0.05, 0.1) is 11.5 Å². The van der Waals surface area contributed by atoms with E-state index in [0.717, 1.165) is 32.1 Å². The van der Waals surface area contributed by atoms with Gasteiger partial charge in [-0.15, -0.1) is 0 Å². The molecule has 0 aliphatic heterocycles. The van der Waals surface area contributed by atoms with Crippen LogP contribution in [-0.2, 0) is 20.7 Å². The molecule has 0 heterocycles. The van der Waals surface area contributed by atoms with Gasteiger partial charge < -0.3 is 14.4 Å². The first-order valence-electron chi connectivity index (χ1n) is 9.62. The van der Waals surface area contributed by atoms with Gasteiger partial charge in [0, 0.05) is 13.5 Å². The number of carbonyl (C=O) groups excluding carboxylic acids is 2. The molecule has 140 valence electrons. The second-order valence-corrected chi connectivity index (χ2v) is 8.52. The predicted octanol–water partition coefficient (Wildman–Crippen LogP) is 4.21. The van der Waals surface area contributed by atoms with Crippen molar-refractivity contribution < 1.29 is 19.1 Å². The van der Waals surface area contributed by atoms with Crippen LogP contribution in [0.1, 0.15) is 63.6 Å². The lowest BCUT2D eigenvalue weighted by molar-refractivity contribution is -0.235. The number of hydrogen-bond donors (Lipinski definition) is 0. The normalized spacial score (nSPS) is 31.9. The number of benzene rings is 1. The van der Waals surface area contributed by atoms with E-state index >= 15 is 0 Å². The van der Waals surface area contributed by atoms with Crippen LogP contribution < -0.4 is 0 Å². The second kappa shape index (κ2) is 6.00. The highest BCUT2D eigenvalue weighted by Gasteiger charge is 2.70. The third-order valence-corrected chi connectivity index (χ3v) is 6.32. The summed E-state index contributed by atoms with van der Waals surface area (Å²) in [6, 6.07) is 8.26. The molecule has 5 heteroatoms. The van der Waals surface area contributed by atoms with Gasteiger partial charge in [0.2, 0.25) is 6.29 Å². The molecule has 1 aromatic rings. The predicted molar refractivity (Wildman–Crippen MR) is 96.3 cm³/mol. The topological polar surface area (TPSA) is 55.8 Å². The third kappa shape index (κ3) is 2.68. The van der Waals surface area contributed by atoms with Crippen molar-refractivity contribution in [3.63, 3.8) is 0 Å². The minimum atomic E-state index is -0.859. The zero-order valence-corrected chi connectivity index (χ0v) is 15.8. The Labute approximate surface area is 154 Å². The van der Waals surface area contributed by atoms with Crippen molar-refractivity contribution in [2.45, 2.75) is 65.2 Å². The van der Waals surface area contributed by atoms with E-state index in [2.05, 4.69) is 19.1 Å². The molecule has 3 saturated carbocycles. The summed E-state index contributed by atoms with van der Waals surface area (Å²) in [5.74, 6) is -0.212. The summed E-state index contributed by atoms with van der Waals surface area (Å²) in [6.45, 7) is 6.33. The highest BCUT2D eigenvalue weighted by atomic mass is 16.7. The fraction of sp³-hybridized carbons (Fsp3) is 0.619. The molecular weight excluding hydrogens is 330 g/mol. The van der Waals surface area contributed by atoms with Crippen LogP contribution in [0.5, 0.6) is 0 Å². The third-order valence-electron chi connectivity index (χ3n) is 6.32. The highest BCUT2D eigenvalue weighted by Crippen LogP contribution is 2.73. The average Bonchev–Trinajstić information content (AvgIpc) is 2.95. The van der Waals surface area contributed by atoms with Crippen LogP contribution in [0, 0.1) is 10.8 Å². The van der Waals surface area contributed by atoms with Gasteiger partial charge in [0.1, 0.15) is 0 Å². The maximum absolute atomic E-state index is 12.7. The van der Waals surface area contributed by atoms with E-state index in [4.69, 9.17) is 9.47 Å². The van der Waals surface area contributed by atoms with E-state index in [9.17, 15) is 9.59 Å². The molecule has 1 amide bonds. The second-order valence-electron chi connectivity index (χ2n) is 8.52. The van der Waals surface area contributed by atoms with Gasteiger partial charge in [-0.25, -0.2) is 4.79 Å². The van der Waals surface area contributed by atoms with Crippen LogP contribution in [0.25, 0.3) is 0 Å². The number of rotatable bonds is 5. The number of aryl methyl sites for hydroxylation is 1. The van der Waals surface area contributed by atoms with Gasteiger partial charge in [-0.05, 0) is 55.6 Å². The van der Waals surface area contributed by atoms with Gasteiger partial charge in [-0.1, -0.05) is 31.2 Å². The van der Waals surface area contributed by atoms with Crippen molar-refractivity contribution in [3.8, 4) is 0 Å². The van der Waals surface area contributed by atoms with E-state index < -0.39 is 12.4 Å². The first-order valence-corrected chi connectivity index (χ1v) is 9.62. The standard InChI is InChI=1S/C21H27NO4/c1-4-22(17-10-9-15-7-5-6-8-16(15)17)19(24)26-14(2)25-18(23)21-11-20(3,12-21)13-21/h5-8,14,17H,4,9-13H2,1-3H3. The van der Waals surface area contributed by atoms with E-state index in [1.807, 2.05) is 19.1 Å². The molecule has 4 aliphatic rings. The molecule has 2 bridgehead atoms. The molecule has 5 rings (SSSR count). The molecule has 0 N–H and O–H groups in total. The van der Waals surface area contributed by atoms with Crippen molar-refractivity contribution in [1.29, 1.82) is 0 Å². The largest absolute Gasteiger partial charge is 0.425 e. The molecular formula is C21H27NO4. The first kappa shape index (κ1) is 17.4. The smallest absolute Gasteiger partial charge is 0.413 e. The van der Waals surface area contributed by atoms with E-state index in [1.54, 1.807) is 11.8 Å². The number of hydrogen-bond acceptors (Lipinski definition) is 4. The number of esters is 1. The quantitative estimate of drug-likeness (QED) is 0.585. The Bertz CT molecular complexity index is 724. The van der Waals surface area contributed by atoms with Crippen molar-refractivity contribution in [2.75, 3.05) is 6.54 Å². The Morgan fingerprint density at radius 2 is 1.92 bits per heavy atom. The maximum atomic E-state index is 12.7. The molecule has 2 atom stereocenters. The summed E-state index contributed by atoms with van der Waals surface area (Å²) in [5.41, 5.74) is 2.52. The SMILES string of the molecule is CCN(C(=O)OC(C)OC(=O)C12CC(C)(C1)C2)C1CCc2ccccc21. The Balaban J connectivity index is 1.35. The van der Waals surface area contributed by atoms with Crippen molar-refractivity contribution in [2.24, 2.45) is 10.8 Å². The molecule has 2 unspecified atom stereocenters. The first-order chi connectivity index (χ1) is 12.4. The molecule has 1 aromatic carbocycles. The summed E-state index contributed by atoms with van der Waals surface area (Å²) in [6.07, 6.45) is 3.30. The molecule has 5 nitrogen and oxygen atoms in total. The van der Waals surface area contributed by atoms with Crippen LogP contribution >= 0.6 is 0 Å². The van der Waals surface area contributed by atoms with Crippen LogP contribution in [0.4, 0.5) is 4.79 Å². The molecule has 0 radical (unpaired) electrons. The van der Waals surface area contributed by atoms with Crippen LogP contribution in [0.2, 0.25) is 0 Å². The van der Waals surface area contributed by atoms with Crippen LogP contribution in [0.3, 0.4) is 0 Å². The van der Waals surface area contributed by atoms with Gasteiger partial charge in [0.15, 0.2) is 0 Å². The van der Waals surface area contributed by atoms with Gasteiger partial charge in [0.25, 0.3) is 0 Å². The lowest BCUT2D eigenvalue weighted by Gasteiger charge is -2.67. The number of fused-ring (bicyclic) bond motifs is 1. The Hall–Kier alpha value is -2.04. The molecule has 4 aliphatic carbocycles. The van der Waals surface area contributed by atoms with E-state index in [1.165, 1.54) is 11.1 Å². The Morgan fingerprint density at radius 3 is 2.58 bits per heavy atom. The summed E-state index contributed by atoms with van der Waals surface area (Å²) in [4.78, 5) is 26.8. The van der Waals surface area contributed by atoms with Gasteiger partial charge in [-0.2, -0.15) is 0 Å². The zero-order valence-electron chi connectivity index (χ0n) is 15.8. The highest BCUT2D eigenvalue weighted by molar-refractivity contribution is 5.81. The molecule has 0 saturated heterocycles. The number of nitrogens with zero attached hydrogens (tertiary/aromatic N) is 1. The fourth-order valence-electron chi connectivity index (χ4n) is 5.36. The Kier molecular flexibility index (Phi) is 4.01. The van der Waals surface area contributed by atoms with Crippen molar-refractivity contribution >= 4 is 12.1 Å². The summed E-state index contributed by atoms with van der Waals surface area (Å²) in [7, 11) is 0. The van der Waals surface area contributed by atoms with E-state index in [-0.39, 0.29) is 17.4 Å². The average molecular weight is 357 g/mol. The minimum Gasteiger partial charge on any atom is -0.425 e. The Morgan fingerprint density at radius 1 is 1.23 bits per heavy atom. The van der Waals surface area contributed by atoms with Crippen LogP contribution in [-0.4, -0.2) is 29.8 Å². The van der Waals surface area contributed by atoms with E-state index in [0.29, 0.717) is 12.0 Å². The van der Waals surface area contributed by atoms with Crippen molar-refractivity contribution in [1.82, 2.24) is 4.90 Å². The number of amides is 1. The molecule has 3 fully saturated rings. The maximum Gasteiger partial charge on any atom is 0.413 e. The number of ether oxygens (including phenoxy) is 2. The molecule has 0 aromatic heterocycles. The fourth-order valence-corrected chi connectivity index (χ4v) is 5.36. The lowest BCUT2D eigenvalue weighted by atomic mass is 9.36. The van der Waals surface area contributed by atoms with Gasteiger partial charge >= 0.3 is 12.1 Å². The van der Waals surface area contributed by atoms with Crippen LogP contribution in [0.15, 0.2) is 24.3 Å². The van der Waals surface area contributed by atoms with Crippen molar-refractivity contribution in [3.05, 3.63) is 35.4 Å². The summed E-state index contributed by atoms with van der Waals surface area (Å²) in [5, 5.41) is 0. The van der Waals surface area contributed by atoms with Gasteiger partial charge in [-0.3, -0.25) is 4.79 Å². The summed E-state index contributed by atoms with van der Waals surface area (Å²) < 4.78 is 10.9. The summed E-state index contributed by atoms with van der Waals surface area (Å²) >= 11 is 0. The minimum absolute atomic E-state index is 0.0316. The molecule has 26 heavy (non-hydrogen) atoms. The number of carbonyl (C=O) groups is 2. The monoisotopic (exact) mass is 357 g/mol.